The van der Waals surface area contributed by atoms with Crippen molar-refractivity contribution in [3.05, 3.63) is 66.2 Å². The van der Waals surface area contributed by atoms with Crippen LogP contribution in [0.1, 0.15) is 54.1 Å². The van der Waals surface area contributed by atoms with Crippen LogP contribution in [0, 0.1) is 0 Å². The highest BCUT2D eigenvalue weighted by atomic mass is 16.5. The number of carbonyl (C=O) groups excluding carboxylic acids is 1. The maximum atomic E-state index is 13.1. The summed E-state index contributed by atoms with van der Waals surface area (Å²) in [4.78, 5) is 24.6. The Balaban J connectivity index is 1.20. The molecule has 0 saturated carbocycles. The third-order valence-electron chi connectivity index (χ3n) is 6.69. The molecule has 0 unspecified atom stereocenters. The zero-order chi connectivity index (χ0) is 22.2. The minimum Gasteiger partial charge on any atom is -0.370 e. The van der Waals surface area contributed by atoms with E-state index in [1.165, 1.54) is 0 Å². The number of pyridine rings is 1. The van der Waals surface area contributed by atoms with Gasteiger partial charge in [0.1, 0.15) is 23.1 Å². The lowest BCUT2D eigenvalue weighted by molar-refractivity contribution is 0.0676. The van der Waals surface area contributed by atoms with Crippen LogP contribution >= 0.6 is 0 Å². The monoisotopic (exact) mass is 442 g/mol. The maximum absolute atomic E-state index is 13.1. The molecule has 0 bridgehead atoms. The number of H-pyrrole nitrogens is 1. The molecule has 168 valence electrons. The van der Waals surface area contributed by atoms with E-state index >= 15 is 0 Å². The number of aromatic amines is 1. The van der Waals surface area contributed by atoms with Crippen molar-refractivity contribution < 1.29 is 9.53 Å². The van der Waals surface area contributed by atoms with E-state index in [-0.39, 0.29) is 18.1 Å². The Morgan fingerprint density at radius 1 is 1.06 bits per heavy atom. The number of imidazole rings is 1. The van der Waals surface area contributed by atoms with Gasteiger partial charge in [0.2, 0.25) is 0 Å². The molecule has 8 nitrogen and oxygen atoms in total. The van der Waals surface area contributed by atoms with Crippen molar-refractivity contribution in [2.45, 2.75) is 37.8 Å². The second kappa shape index (κ2) is 8.44. The van der Waals surface area contributed by atoms with Crippen molar-refractivity contribution in [3.63, 3.8) is 0 Å². The van der Waals surface area contributed by atoms with Gasteiger partial charge in [0.25, 0.3) is 5.91 Å². The summed E-state index contributed by atoms with van der Waals surface area (Å²) in [6.45, 7) is 2.14. The zero-order valence-corrected chi connectivity index (χ0v) is 18.4. The molecule has 1 aromatic carbocycles. The highest BCUT2D eigenvalue weighted by Crippen LogP contribution is 2.35. The van der Waals surface area contributed by atoms with Crippen LogP contribution in [-0.2, 0) is 4.74 Å². The Morgan fingerprint density at radius 2 is 1.91 bits per heavy atom. The van der Waals surface area contributed by atoms with Gasteiger partial charge in [-0.15, -0.1) is 0 Å². The molecule has 2 fully saturated rings. The van der Waals surface area contributed by atoms with E-state index in [0.29, 0.717) is 18.8 Å². The lowest BCUT2D eigenvalue weighted by Gasteiger charge is -2.33. The van der Waals surface area contributed by atoms with Gasteiger partial charge in [0, 0.05) is 37.5 Å². The van der Waals surface area contributed by atoms with E-state index in [4.69, 9.17) is 9.72 Å². The molecule has 4 aromatic rings. The van der Waals surface area contributed by atoms with Crippen LogP contribution in [-0.4, -0.2) is 55.2 Å². The number of piperidine rings is 1. The molecule has 2 aliphatic heterocycles. The highest BCUT2D eigenvalue weighted by Gasteiger charge is 2.32. The lowest BCUT2D eigenvalue weighted by Crippen LogP contribution is -2.39. The number of aromatic nitrogens is 5. The summed E-state index contributed by atoms with van der Waals surface area (Å²) in [5, 5.41) is 7.27. The molecule has 0 radical (unpaired) electrons. The van der Waals surface area contributed by atoms with E-state index in [0.717, 1.165) is 60.5 Å². The number of hydrogen-bond donors (Lipinski definition) is 1. The Hall–Kier alpha value is -3.52. The molecule has 5 heterocycles. The predicted octanol–water partition coefficient (Wildman–Crippen LogP) is 4.15. The molecule has 0 spiro atoms. The molecule has 6 rings (SSSR count). The quantitative estimate of drug-likeness (QED) is 0.513. The maximum Gasteiger partial charge on any atom is 0.271 e. The predicted molar refractivity (Wildman–Crippen MR) is 124 cm³/mol. The first kappa shape index (κ1) is 20.1. The number of nitrogens with zero attached hydrogens (tertiary/aromatic N) is 5. The SMILES string of the molecule is O=C(c1cc(-c2ccccc2)n[nH]1)N1CCC(n2c([C@H]3CCCO3)nc3cccnc32)CC1. The van der Waals surface area contributed by atoms with Gasteiger partial charge in [-0.25, -0.2) is 9.97 Å². The van der Waals surface area contributed by atoms with Crippen LogP contribution in [0.25, 0.3) is 22.4 Å². The largest absolute Gasteiger partial charge is 0.370 e. The fraction of sp³-hybridized carbons (Fsp3) is 0.360. The average Bonchev–Trinajstić information content (AvgIpc) is 3.64. The molecule has 1 atom stereocenters. The Morgan fingerprint density at radius 3 is 2.70 bits per heavy atom. The highest BCUT2D eigenvalue weighted by molar-refractivity contribution is 5.93. The van der Waals surface area contributed by atoms with Crippen molar-refractivity contribution in [1.82, 2.24) is 29.6 Å². The number of amides is 1. The number of carbonyl (C=O) groups is 1. The number of fused-ring (bicyclic) bond motifs is 1. The standard InChI is InChI=1S/C25H26N6O2/c32-25(21-16-20(28-29-21)17-6-2-1-3-7-17)30-13-10-18(11-14-30)31-23-19(8-4-12-26-23)27-24(31)22-9-5-15-33-22/h1-4,6-8,12,16,18,22H,5,9-11,13-15H2,(H,28,29)/t22-/m1/s1. The number of ether oxygens (including phenoxy) is 1. The van der Waals surface area contributed by atoms with Crippen molar-refractivity contribution in [1.29, 1.82) is 0 Å². The van der Waals surface area contributed by atoms with Crippen LogP contribution in [0.15, 0.2) is 54.7 Å². The molecule has 1 N–H and O–H groups in total. The number of benzene rings is 1. The van der Waals surface area contributed by atoms with Crippen molar-refractivity contribution >= 4 is 17.1 Å². The van der Waals surface area contributed by atoms with E-state index in [1.807, 2.05) is 59.6 Å². The first-order valence-corrected chi connectivity index (χ1v) is 11.6. The van der Waals surface area contributed by atoms with Gasteiger partial charge < -0.3 is 14.2 Å². The summed E-state index contributed by atoms with van der Waals surface area (Å²) in [7, 11) is 0. The zero-order valence-electron chi connectivity index (χ0n) is 18.4. The second-order valence-electron chi connectivity index (χ2n) is 8.74. The summed E-state index contributed by atoms with van der Waals surface area (Å²) in [5.41, 5.74) is 4.13. The van der Waals surface area contributed by atoms with E-state index in [1.54, 1.807) is 0 Å². The minimum absolute atomic E-state index is 0.00362. The first-order valence-electron chi connectivity index (χ1n) is 11.6. The lowest BCUT2D eigenvalue weighted by atomic mass is 10.0. The number of nitrogens with one attached hydrogen (secondary N) is 1. The Kier molecular flexibility index (Phi) is 5.14. The van der Waals surface area contributed by atoms with E-state index < -0.39 is 0 Å². The topological polar surface area (TPSA) is 88.9 Å². The fourth-order valence-electron chi connectivity index (χ4n) is 5.00. The molecule has 2 saturated heterocycles. The van der Waals surface area contributed by atoms with Crippen LogP contribution in [0.4, 0.5) is 0 Å². The van der Waals surface area contributed by atoms with Crippen molar-refractivity contribution in [2.24, 2.45) is 0 Å². The van der Waals surface area contributed by atoms with Gasteiger partial charge >= 0.3 is 0 Å². The third-order valence-corrected chi connectivity index (χ3v) is 6.69. The minimum atomic E-state index is -0.00362. The number of hydrogen-bond acceptors (Lipinski definition) is 5. The molecule has 33 heavy (non-hydrogen) atoms. The van der Waals surface area contributed by atoms with Crippen molar-refractivity contribution in [2.75, 3.05) is 19.7 Å². The summed E-state index contributed by atoms with van der Waals surface area (Å²) in [5.74, 6) is 0.975. The van der Waals surface area contributed by atoms with E-state index in [9.17, 15) is 4.79 Å². The normalized spacial score (nSPS) is 19.4. The van der Waals surface area contributed by atoms with Gasteiger partial charge in [0.15, 0.2) is 5.65 Å². The number of likely N-dealkylation sites (tertiary alicyclic amines) is 1. The summed E-state index contributed by atoms with van der Waals surface area (Å²) in [6, 6.07) is 15.9. The van der Waals surface area contributed by atoms with Gasteiger partial charge in [0.05, 0.1) is 5.69 Å². The molecule has 0 aliphatic carbocycles. The Bertz CT molecular complexity index is 1270. The van der Waals surface area contributed by atoms with Gasteiger partial charge in [-0.1, -0.05) is 30.3 Å². The van der Waals surface area contributed by atoms with Gasteiger partial charge in [-0.3, -0.25) is 9.89 Å². The summed E-state index contributed by atoms with van der Waals surface area (Å²) in [6.07, 6.45) is 5.61. The molecule has 3 aromatic heterocycles. The van der Waals surface area contributed by atoms with Gasteiger partial charge in [-0.2, -0.15) is 5.10 Å². The van der Waals surface area contributed by atoms with Gasteiger partial charge in [-0.05, 0) is 43.9 Å². The summed E-state index contributed by atoms with van der Waals surface area (Å²) < 4.78 is 8.24. The molecule has 2 aliphatic rings. The molecular formula is C25H26N6O2. The molecular weight excluding hydrogens is 416 g/mol. The van der Waals surface area contributed by atoms with Crippen LogP contribution in [0.3, 0.4) is 0 Å². The van der Waals surface area contributed by atoms with Crippen LogP contribution < -0.4 is 0 Å². The second-order valence-corrected chi connectivity index (χ2v) is 8.74. The average molecular weight is 443 g/mol. The molecule has 8 heteroatoms. The van der Waals surface area contributed by atoms with E-state index in [2.05, 4.69) is 19.7 Å². The smallest absolute Gasteiger partial charge is 0.271 e. The third kappa shape index (κ3) is 3.70. The Labute approximate surface area is 191 Å². The first-order chi connectivity index (χ1) is 16.3. The molecule has 1 amide bonds. The number of rotatable bonds is 4. The van der Waals surface area contributed by atoms with Crippen molar-refractivity contribution in [3.8, 4) is 11.3 Å². The summed E-state index contributed by atoms with van der Waals surface area (Å²) >= 11 is 0. The van der Waals surface area contributed by atoms with Crippen LogP contribution in [0.2, 0.25) is 0 Å². The van der Waals surface area contributed by atoms with Crippen LogP contribution in [0.5, 0.6) is 0 Å². The fourth-order valence-corrected chi connectivity index (χ4v) is 5.00.